The molecule has 0 aromatic carbocycles. The Labute approximate surface area is 67.3 Å². The maximum absolute atomic E-state index is 10.5. The Balaban J connectivity index is 0.000000292. The first-order chi connectivity index (χ1) is 5.20. The number of H-pyrrole nitrogens is 1. The largest absolute Gasteiger partial charge is 0.365 e. The van der Waals surface area contributed by atoms with Crippen LogP contribution < -0.4 is 5.43 Å². The Morgan fingerprint density at radius 2 is 2.00 bits per heavy atom. The minimum absolute atomic E-state index is 0.0567. The molecule has 0 spiro atoms. The van der Waals surface area contributed by atoms with Crippen LogP contribution in [-0.2, 0) is 0 Å². The summed E-state index contributed by atoms with van der Waals surface area (Å²) in [4.78, 5) is 13.3. The van der Waals surface area contributed by atoms with Crippen LogP contribution in [0.4, 0.5) is 0 Å². The molecular weight excluding hydrogens is 138 g/mol. The molecule has 0 aliphatic carbocycles. The standard InChI is InChI=1S/C6H7NO.C3H8/c1-5-4-6(8)2-3-7-5;1-3-2/h2-4H,1H3,(H,7,8);3H2,1-2H3. The van der Waals surface area contributed by atoms with Gasteiger partial charge in [0.2, 0.25) is 0 Å². The van der Waals surface area contributed by atoms with E-state index < -0.39 is 0 Å². The van der Waals surface area contributed by atoms with Gasteiger partial charge < -0.3 is 4.98 Å². The number of nitrogens with one attached hydrogen (secondary N) is 1. The van der Waals surface area contributed by atoms with Gasteiger partial charge in [0.1, 0.15) is 0 Å². The monoisotopic (exact) mass is 153 g/mol. The fourth-order valence-corrected chi connectivity index (χ4v) is 0.558. The first-order valence-corrected chi connectivity index (χ1v) is 3.86. The highest BCUT2D eigenvalue weighted by atomic mass is 16.1. The predicted octanol–water partition coefficient (Wildman–Crippen LogP) is 2.10. The van der Waals surface area contributed by atoms with Crippen molar-refractivity contribution >= 4 is 0 Å². The van der Waals surface area contributed by atoms with Gasteiger partial charge in [-0.1, -0.05) is 20.3 Å². The fraction of sp³-hybridized carbons (Fsp3) is 0.444. The molecule has 0 amide bonds. The van der Waals surface area contributed by atoms with E-state index >= 15 is 0 Å². The number of hydrogen-bond donors (Lipinski definition) is 1. The molecular formula is C9H15NO. The molecule has 2 nitrogen and oxygen atoms in total. The summed E-state index contributed by atoms with van der Waals surface area (Å²) < 4.78 is 0. The van der Waals surface area contributed by atoms with Crippen molar-refractivity contribution in [2.24, 2.45) is 0 Å². The molecule has 62 valence electrons. The molecule has 11 heavy (non-hydrogen) atoms. The molecule has 0 radical (unpaired) electrons. The van der Waals surface area contributed by atoms with E-state index in [9.17, 15) is 4.79 Å². The van der Waals surface area contributed by atoms with E-state index in [0.717, 1.165) is 5.69 Å². The lowest BCUT2D eigenvalue weighted by molar-refractivity contribution is 1.09. The highest BCUT2D eigenvalue weighted by molar-refractivity contribution is 5.00. The van der Waals surface area contributed by atoms with Crippen LogP contribution in [0.15, 0.2) is 23.1 Å². The van der Waals surface area contributed by atoms with Gasteiger partial charge >= 0.3 is 0 Å². The lowest BCUT2D eigenvalue weighted by atomic mass is 10.4. The van der Waals surface area contributed by atoms with Crippen LogP contribution in [0.25, 0.3) is 0 Å². The van der Waals surface area contributed by atoms with Crippen molar-refractivity contribution in [2.75, 3.05) is 0 Å². The number of aromatic nitrogens is 1. The maximum Gasteiger partial charge on any atom is 0.181 e. The van der Waals surface area contributed by atoms with E-state index in [1.807, 2.05) is 6.92 Å². The van der Waals surface area contributed by atoms with Crippen molar-refractivity contribution in [1.29, 1.82) is 0 Å². The summed E-state index contributed by atoms with van der Waals surface area (Å²) in [5, 5.41) is 0. The average Bonchev–Trinajstić information content (AvgIpc) is 1.88. The highest BCUT2D eigenvalue weighted by Crippen LogP contribution is 1.79. The third-order valence-corrected chi connectivity index (χ3v) is 0.917. The van der Waals surface area contributed by atoms with E-state index in [4.69, 9.17) is 0 Å². The van der Waals surface area contributed by atoms with Crippen LogP contribution >= 0.6 is 0 Å². The van der Waals surface area contributed by atoms with Crippen LogP contribution in [0.5, 0.6) is 0 Å². The average molecular weight is 153 g/mol. The van der Waals surface area contributed by atoms with Crippen molar-refractivity contribution in [2.45, 2.75) is 27.2 Å². The lowest BCUT2D eigenvalue weighted by Crippen LogP contribution is -1.96. The van der Waals surface area contributed by atoms with Crippen molar-refractivity contribution < 1.29 is 0 Å². The van der Waals surface area contributed by atoms with E-state index in [-0.39, 0.29) is 5.43 Å². The van der Waals surface area contributed by atoms with Gasteiger partial charge in [0.25, 0.3) is 0 Å². The third kappa shape index (κ3) is 5.40. The summed E-state index contributed by atoms with van der Waals surface area (Å²) >= 11 is 0. The third-order valence-electron chi connectivity index (χ3n) is 0.917. The molecule has 1 aromatic heterocycles. The summed E-state index contributed by atoms with van der Waals surface area (Å²) in [6, 6.07) is 3.05. The van der Waals surface area contributed by atoms with Gasteiger partial charge in [-0.05, 0) is 6.92 Å². The first kappa shape index (κ1) is 9.95. The maximum atomic E-state index is 10.5. The Kier molecular flexibility index (Phi) is 5.17. The second kappa shape index (κ2) is 5.71. The van der Waals surface area contributed by atoms with Gasteiger partial charge in [0.05, 0.1) is 0 Å². The zero-order valence-corrected chi connectivity index (χ0v) is 7.35. The molecule has 0 saturated heterocycles. The van der Waals surface area contributed by atoms with Gasteiger partial charge in [0, 0.05) is 24.0 Å². The molecule has 0 bridgehead atoms. The van der Waals surface area contributed by atoms with Crippen molar-refractivity contribution in [3.05, 3.63) is 34.2 Å². The van der Waals surface area contributed by atoms with Crippen LogP contribution in [0, 0.1) is 6.92 Å². The van der Waals surface area contributed by atoms with E-state index in [1.165, 1.54) is 12.5 Å². The zero-order valence-electron chi connectivity index (χ0n) is 7.35. The Morgan fingerprint density at radius 1 is 1.45 bits per heavy atom. The summed E-state index contributed by atoms with van der Waals surface area (Å²) in [7, 11) is 0. The Hall–Kier alpha value is -1.05. The van der Waals surface area contributed by atoms with Gasteiger partial charge in [0.15, 0.2) is 5.43 Å². The summed E-state index contributed by atoms with van der Waals surface area (Å²) in [5.74, 6) is 0. The van der Waals surface area contributed by atoms with E-state index in [2.05, 4.69) is 18.8 Å². The minimum Gasteiger partial charge on any atom is -0.365 e. The molecule has 1 aromatic rings. The zero-order chi connectivity index (χ0) is 8.69. The lowest BCUT2D eigenvalue weighted by Gasteiger charge is -1.85. The number of rotatable bonds is 0. The number of pyridine rings is 1. The van der Waals surface area contributed by atoms with E-state index in [1.54, 1.807) is 12.3 Å². The second-order valence-corrected chi connectivity index (χ2v) is 2.41. The van der Waals surface area contributed by atoms with Crippen molar-refractivity contribution in [3.63, 3.8) is 0 Å². The minimum atomic E-state index is 0.0567. The predicted molar refractivity (Wildman–Crippen MR) is 47.8 cm³/mol. The number of aryl methyl sites for hydroxylation is 1. The van der Waals surface area contributed by atoms with Crippen LogP contribution in [0.2, 0.25) is 0 Å². The molecule has 0 saturated carbocycles. The second-order valence-electron chi connectivity index (χ2n) is 2.41. The van der Waals surface area contributed by atoms with Gasteiger partial charge in [-0.25, -0.2) is 0 Å². The smallest absolute Gasteiger partial charge is 0.181 e. The number of hydrogen-bond acceptors (Lipinski definition) is 1. The normalized spacial score (nSPS) is 8.27. The molecule has 2 heteroatoms. The van der Waals surface area contributed by atoms with E-state index in [0.29, 0.717) is 0 Å². The quantitative estimate of drug-likeness (QED) is 0.608. The Bertz CT molecular complexity index is 239. The van der Waals surface area contributed by atoms with Gasteiger partial charge in [-0.15, -0.1) is 0 Å². The molecule has 1 heterocycles. The summed E-state index contributed by atoms with van der Waals surface area (Å²) in [6.07, 6.45) is 2.89. The topological polar surface area (TPSA) is 32.9 Å². The fourth-order valence-electron chi connectivity index (χ4n) is 0.558. The van der Waals surface area contributed by atoms with Crippen molar-refractivity contribution in [1.82, 2.24) is 4.98 Å². The number of aromatic amines is 1. The molecule has 0 unspecified atom stereocenters. The highest BCUT2D eigenvalue weighted by Gasteiger charge is 1.80. The van der Waals surface area contributed by atoms with Crippen molar-refractivity contribution in [3.8, 4) is 0 Å². The van der Waals surface area contributed by atoms with Crippen LogP contribution in [0.3, 0.4) is 0 Å². The van der Waals surface area contributed by atoms with Gasteiger partial charge in [-0.2, -0.15) is 0 Å². The van der Waals surface area contributed by atoms with Crippen LogP contribution in [-0.4, -0.2) is 4.98 Å². The summed E-state index contributed by atoms with van der Waals surface area (Å²) in [5.41, 5.74) is 0.957. The molecule has 0 aliphatic rings. The SMILES string of the molecule is CCC.Cc1cc(=O)cc[nH]1. The molecule has 0 fully saturated rings. The first-order valence-electron chi connectivity index (χ1n) is 3.86. The van der Waals surface area contributed by atoms with Crippen LogP contribution in [0.1, 0.15) is 26.0 Å². The molecule has 1 N–H and O–H groups in total. The van der Waals surface area contributed by atoms with Gasteiger partial charge in [-0.3, -0.25) is 4.79 Å². The summed E-state index contributed by atoms with van der Waals surface area (Å²) in [6.45, 7) is 6.10. The molecule has 0 atom stereocenters. The molecule has 0 aliphatic heterocycles. The molecule has 1 rings (SSSR count). The Morgan fingerprint density at radius 3 is 2.27 bits per heavy atom.